The van der Waals surface area contributed by atoms with Gasteiger partial charge in [0.25, 0.3) is 0 Å². The van der Waals surface area contributed by atoms with E-state index in [1.54, 1.807) is 6.07 Å². The van der Waals surface area contributed by atoms with Gasteiger partial charge in [-0.25, -0.2) is 0 Å². The van der Waals surface area contributed by atoms with Crippen LogP contribution in [0.3, 0.4) is 0 Å². The number of hydrogen-bond donors (Lipinski definition) is 1. The SMILES string of the molecule is CN(Cc1cccc(C#N)c1)CC(O)COc1ccccc1. The van der Waals surface area contributed by atoms with Gasteiger partial charge in [-0.2, -0.15) is 5.26 Å². The number of likely N-dealkylation sites (N-methyl/N-ethyl adjacent to an activating group) is 1. The normalized spacial score (nSPS) is 11.9. The van der Waals surface area contributed by atoms with Gasteiger partial charge in [-0.1, -0.05) is 30.3 Å². The van der Waals surface area contributed by atoms with E-state index in [9.17, 15) is 5.11 Å². The van der Waals surface area contributed by atoms with E-state index in [4.69, 9.17) is 10.00 Å². The quantitative estimate of drug-likeness (QED) is 0.852. The van der Waals surface area contributed by atoms with Crippen LogP contribution >= 0.6 is 0 Å². The Morgan fingerprint density at radius 3 is 2.68 bits per heavy atom. The number of rotatable bonds is 7. The summed E-state index contributed by atoms with van der Waals surface area (Å²) in [6.45, 7) is 1.44. The molecule has 0 radical (unpaired) electrons. The molecule has 1 unspecified atom stereocenters. The van der Waals surface area contributed by atoms with Gasteiger partial charge < -0.3 is 9.84 Å². The Bertz CT molecular complexity index is 622. The Morgan fingerprint density at radius 1 is 1.18 bits per heavy atom. The fraction of sp³-hybridized carbons (Fsp3) is 0.278. The summed E-state index contributed by atoms with van der Waals surface area (Å²) in [6.07, 6.45) is -0.565. The molecule has 2 rings (SSSR count). The lowest BCUT2D eigenvalue weighted by Crippen LogP contribution is -2.32. The summed E-state index contributed by atoms with van der Waals surface area (Å²) in [6, 6.07) is 19.1. The average Bonchev–Trinajstić information content (AvgIpc) is 2.54. The van der Waals surface area contributed by atoms with Crippen molar-refractivity contribution in [3.63, 3.8) is 0 Å². The van der Waals surface area contributed by atoms with Crippen LogP contribution in [0.5, 0.6) is 5.75 Å². The van der Waals surface area contributed by atoms with Gasteiger partial charge >= 0.3 is 0 Å². The molecule has 0 aliphatic rings. The molecule has 22 heavy (non-hydrogen) atoms. The Balaban J connectivity index is 1.78. The summed E-state index contributed by atoms with van der Waals surface area (Å²) in [4.78, 5) is 2.01. The molecule has 2 aromatic rings. The molecule has 4 nitrogen and oxygen atoms in total. The zero-order valence-corrected chi connectivity index (χ0v) is 12.6. The Hall–Kier alpha value is -2.35. The molecular weight excluding hydrogens is 276 g/mol. The van der Waals surface area contributed by atoms with Crippen LogP contribution in [0.4, 0.5) is 0 Å². The molecule has 1 N–H and O–H groups in total. The minimum absolute atomic E-state index is 0.257. The minimum atomic E-state index is -0.565. The van der Waals surface area contributed by atoms with Gasteiger partial charge in [-0.15, -0.1) is 0 Å². The first-order valence-corrected chi connectivity index (χ1v) is 7.21. The van der Waals surface area contributed by atoms with Crippen LogP contribution in [-0.2, 0) is 6.54 Å². The first-order chi connectivity index (χ1) is 10.7. The highest BCUT2D eigenvalue weighted by Gasteiger charge is 2.10. The fourth-order valence-corrected chi connectivity index (χ4v) is 2.24. The van der Waals surface area contributed by atoms with Crippen molar-refractivity contribution in [3.05, 3.63) is 65.7 Å². The zero-order valence-electron chi connectivity index (χ0n) is 12.6. The lowest BCUT2D eigenvalue weighted by Gasteiger charge is -2.21. The van der Waals surface area contributed by atoms with Gasteiger partial charge in [0.15, 0.2) is 0 Å². The lowest BCUT2D eigenvalue weighted by molar-refractivity contribution is 0.0744. The van der Waals surface area contributed by atoms with Crippen LogP contribution in [0.15, 0.2) is 54.6 Å². The van der Waals surface area contributed by atoms with Crippen LogP contribution in [0.25, 0.3) is 0 Å². The third-order valence-corrected chi connectivity index (χ3v) is 3.22. The van der Waals surface area contributed by atoms with E-state index in [-0.39, 0.29) is 6.61 Å². The second kappa shape index (κ2) is 8.18. The van der Waals surface area contributed by atoms with Gasteiger partial charge in [0.1, 0.15) is 18.5 Å². The van der Waals surface area contributed by atoms with Crippen molar-refractivity contribution in [2.75, 3.05) is 20.2 Å². The fourth-order valence-electron chi connectivity index (χ4n) is 2.24. The van der Waals surface area contributed by atoms with E-state index in [2.05, 4.69) is 6.07 Å². The van der Waals surface area contributed by atoms with Crippen molar-refractivity contribution >= 4 is 0 Å². The highest BCUT2D eigenvalue weighted by Crippen LogP contribution is 2.10. The maximum Gasteiger partial charge on any atom is 0.119 e. The van der Waals surface area contributed by atoms with Crippen molar-refractivity contribution in [3.8, 4) is 11.8 Å². The van der Waals surface area contributed by atoms with Crippen LogP contribution in [0.2, 0.25) is 0 Å². The molecule has 0 spiro atoms. The summed E-state index contributed by atoms with van der Waals surface area (Å²) in [5, 5.41) is 18.9. The van der Waals surface area contributed by atoms with E-state index in [1.165, 1.54) is 0 Å². The summed E-state index contributed by atoms with van der Waals surface area (Å²) in [5.41, 5.74) is 1.71. The molecule has 1 atom stereocenters. The largest absolute Gasteiger partial charge is 0.491 e. The lowest BCUT2D eigenvalue weighted by atomic mass is 10.1. The van der Waals surface area contributed by atoms with E-state index in [0.717, 1.165) is 11.3 Å². The predicted molar refractivity (Wildman–Crippen MR) is 85.4 cm³/mol. The van der Waals surface area contributed by atoms with E-state index in [1.807, 2.05) is 60.5 Å². The molecule has 4 heteroatoms. The molecule has 0 aliphatic carbocycles. The standard InChI is InChI=1S/C18H20N2O2/c1-20(12-16-7-5-6-15(10-16)11-19)13-17(21)14-22-18-8-3-2-4-9-18/h2-10,17,21H,12-14H2,1H3. The summed E-state index contributed by atoms with van der Waals surface area (Å²) in [5.74, 6) is 0.755. The zero-order chi connectivity index (χ0) is 15.8. The van der Waals surface area contributed by atoms with Gasteiger partial charge in [0, 0.05) is 13.1 Å². The number of benzene rings is 2. The monoisotopic (exact) mass is 296 g/mol. The number of hydrogen-bond acceptors (Lipinski definition) is 4. The second-order valence-electron chi connectivity index (χ2n) is 5.29. The van der Waals surface area contributed by atoms with Crippen LogP contribution in [-0.4, -0.2) is 36.3 Å². The first kappa shape index (κ1) is 16.0. The van der Waals surface area contributed by atoms with Crippen molar-refractivity contribution in [2.45, 2.75) is 12.6 Å². The molecule has 0 bridgehead atoms. The summed E-state index contributed by atoms with van der Waals surface area (Å²) in [7, 11) is 1.94. The minimum Gasteiger partial charge on any atom is -0.491 e. The summed E-state index contributed by atoms with van der Waals surface area (Å²) >= 11 is 0. The number of ether oxygens (including phenoxy) is 1. The highest BCUT2D eigenvalue weighted by molar-refractivity contribution is 5.32. The molecule has 2 aromatic carbocycles. The van der Waals surface area contributed by atoms with Crippen LogP contribution in [0.1, 0.15) is 11.1 Å². The topological polar surface area (TPSA) is 56.5 Å². The highest BCUT2D eigenvalue weighted by atomic mass is 16.5. The molecule has 0 saturated heterocycles. The van der Waals surface area contributed by atoms with Crippen LogP contribution < -0.4 is 4.74 Å². The van der Waals surface area contributed by atoms with Gasteiger partial charge in [-0.3, -0.25) is 4.90 Å². The van der Waals surface area contributed by atoms with Gasteiger partial charge in [0.05, 0.1) is 11.6 Å². The Labute approximate surface area is 131 Å². The number of aliphatic hydroxyl groups excluding tert-OH is 1. The molecule has 0 aromatic heterocycles. The Kier molecular flexibility index (Phi) is 5.96. The van der Waals surface area contributed by atoms with Crippen molar-refractivity contribution in [1.82, 2.24) is 4.90 Å². The third-order valence-electron chi connectivity index (χ3n) is 3.22. The maximum atomic E-state index is 10.0. The number of para-hydroxylation sites is 1. The van der Waals surface area contributed by atoms with Crippen molar-refractivity contribution in [1.29, 1.82) is 5.26 Å². The maximum absolute atomic E-state index is 10.0. The smallest absolute Gasteiger partial charge is 0.119 e. The molecule has 0 heterocycles. The average molecular weight is 296 g/mol. The van der Waals surface area contributed by atoms with Crippen molar-refractivity contribution in [2.24, 2.45) is 0 Å². The third kappa shape index (κ3) is 5.21. The first-order valence-electron chi connectivity index (χ1n) is 7.21. The van der Waals surface area contributed by atoms with Crippen molar-refractivity contribution < 1.29 is 9.84 Å². The Morgan fingerprint density at radius 2 is 1.95 bits per heavy atom. The van der Waals surface area contributed by atoms with E-state index in [0.29, 0.717) is 18.7 Å². The molecule has 114 valence electrons. The molecule has 0 saturated carbocycles. The number of nitrogens with zero attached hydrogens (tertiary/aromatic N) is 2. The molecule has 0 amide bonds. The van der Waals surface area contributed by atoms with Crippen LogP contribution in [0, 0.1) is 11.3 Å². The van der Waals surface area contributed by atoms with E-state index < -0.39 is 6.10 Å². The summed E-state index contributed by atoms with van der Waals surface area (Å²) < 4.78 is 5.54. The molecule has 0 fully saturated rings. The number of nitriles is 1. The van der Waals surface area contributed by atoms with Gasteiger partial charge in [-0.05, 0) is 36.9 Å². The predicted octanol–water partition coefficient (Wildman–Crippen LogP) is 2.43. The van der Waals surface area contributed by atoms with E-state index >= 15 is 0 Å². The van der Waals surface area contributed by atoms with Gasteiger partial charge in [0.2, 0.25) is 0 Å². The number of aliphatic hydroxyl groups is 1. The molecular formula is C18H20N2O2. The second-order valence-corrected chi connectivity index (χ2v) is 5.29. The molecule has 0 aliphatic heterocycles.